The first-order valence-corrected chi connectivity index (χ1v) is 13.8. The molecule has 1 unspecified atom stereocenters. The van der Waals surface area contributed by atoms with Gasteiger partial charge < -0.3 is 10.2 Å². The molecule has 16 heteroatoms. The van der Waals surface area contributed by atoms with Crippen molar-refractivity contribution in [3.05, 3.63) is 89.1 Å². The van der Waals surface area contributed by atoms with Crippen molar-refractivity contribution in [1.82, 2.24) is 4.98 Å². The Kier molecular flexibility index (Phi) is 11.7. The van der Waals surface area contributed by atoms with Crippen LogP contribution in [0.5, 0.6) is 0 Å². The second-order valence-corrected chi connectivity index (χ2v) is 10.4. The molecule has 0 fully saturated rings. The summed E-state index contributed by atoms with van der Waals surface area (Å²) in [5, 5.41) is 3.65. The van der Waals surface area contributed by atoms with E-state index in [1.54, 1.807) is 11.8 Å². The predicted molar refractivity (Wildman–Crippen MR) is 118 cm³/mol. The third-order valence-corrected chi connectivity index (χ3v) is 6.15. The van der Waals surface area contributed by atoms with E-state index in [2.05, 4.69) is 70.9 Å². The number of hydrogen-bond donors (Lipinski definition) is 1. The number of aliphatic imine (C=N–C) groups is 1. The number of anilines is 2. The Bertz CT molecular complexity index is 1290. The maximum atomic E-state index is 8.49. The van der Waals surface area contributed by atoms with Crippen LogP contribution in [0.15, 0.2) is 87.7 Å². The average Bonchev–Trinajstić information content (AvgIpc) is 2.81. The van der Waals surface area contributed by atoms with Crippen molar-refractivity contribution in [2.24, 2.45) is 4.99 Å². The van der Waals surface area contributed by atoms with Gasteiger partial charge in [0.25, 0.3) is 0 Å². The molecule has 210 valence electrons. The first-order chi connectivity index (χ1) is 17.7. The van der Waals surface area contributed by atoms with E-state index < -0.39 is 20.5 Å². The summed E-state index contributed by atoms with van der Waals surface area (Å²) >= 11 is 1.80. The fourth-order valence-corrected chi connectivity index (χ4v) is 4.63. The van der Waals surface area contributed by atoms with E-state index in [1.165, 1.54) is 9.80 Å². The van der Waals surface area contributed by atoms with E-state index in [0.717, 1.165) is 34.0 Å². The largest absolute Gasteiger partial charge is 2.00 e. The second kappa shape index (κ2) is 13.9. The number of para-hydroxylation sites is 1. The van der Waals surface area contributed by atoms with Crippen molar-refractivity contribution in [3.8, 4) is 0 Å². The average molecular weight is 642 g/mol. The quantitative estimate of drug-likeness (QED) is 0.264. The van der Waals surface area contributed by atoms with Crippen molar-refractivity contribution in [3.63, 3.8) is 0 Å². The molecule has 1 aromatic heterocycles. The van der Waals surface area contributed by atoms with Crippen LogP contribution in [0.25, 0.3) is 0 Å². The van der Waals surface area contributed by atoms with Gasteiger partial charge in [0, 0.05) is 47.0 Å². The summed E-state index contributed by atoms with van der Waals surface area (Å²) in [6.45, 7) is 0. The van der Waals surface area contributed by atoms with Gasteiger partial charge >= 0.3 is 16.5 Å². The molecule has 39 heavy (non-hydrogen) atoms. The third-order valence-electron chi connectivity index (χ3n) is 4.98. The number of aromatic nitrogens is 1. The van der Waals surface area contributed by atoms with Gasteiger partial charge in [-0.25, -0.2) is 42.3 Å². The molecule has 1 aliphatic heterocycles. The van der Waals surface area contributed by atoms with Crippen LogP contribution in [0.2, 0.25) is 0 Å². The zero-order valence-electron chi connectivity index (χ0n) is 20.1. The molecule has 0 saturated heterocycles. The minimum absolute atomic E-state index is 0. The van der Waals surface area contributed by atoms with Crippen molar-refractivity contribution >= 4 is 34.5 Å². The first-order valence-electron chi connectivity index (χ1n) is 10.5. The monoisotopic (exact) mass is 640 g/mol. The van der Waals surface area contributed by atoms with E-state index in [-0.39, 0.29) is 22.5 Å². The molecule has 12 nitrogen and oxygen atoms in total. The number of rotatable bonds is 2. The maximum absolute atomic E-state index is 8.49. The number of fused-ring (bicyclic) bond motifs is 4. The number of nitrogens with zero attached hydrogens (tertiary/aromatic N) is 3. The number of halogens is 2. The smallest absolute Gasteiger partial charge is 0.378 e. The van der Waals surface area contributed by atoms with Gasteiger partial charge in [0.15, 0.2) is 0 Å². The van der Waals surface area contributed by atoms with Crippen molar-refractivity contribution in [1.29, 1.82) is 0 Å². The third kappa shape index (κ3) is 10.7. The summed E-state index contributed by atoms with van der Waals surface area (Å²) in [5.41, 5.74) is 6.34. The Labute approximate surface area is 242 Å². The molecule has 1 atom stereocenters. The van der Waals surface area contributed by atoms with Crippen LogP contribution in [0.3, 0.4) is 0 Å². The fourth-order valence-electron chi connectivity index (χ4n) is 3.54. The van der Waals surface area contributed by atoms with Gasteiger partial charge in [-0.1, -0.05) is 23.9 Å². The molecule has 2 heterocycles. The van der Waals surface area contributed by atoms with Crippen LogP contribution < -0.4 is 47.5 Å². The van der Waals surface area contributed by atoms with Gasteiger partial charge in [-0.3, -0.25) is 4.98 Å². The molecular formula is C23H20Cl2N4NiO8S. The molecule has 0 saturated carbocycles. The predicted octanol–water partition coefficient (Wildman–Crippen LogP) is -4.09. The molecule has 0 spiro atoms. The first kappa shape index (κ1) is 32.9. The van der Waals surface area contributed by atoms with Gasteiger partial charge in [0.2, 0.25) is 0 Å². The molecule has 2 aromatic carbocycles. The van der Waals surface area contributed by atoms with Crippen LogP contribution in [-0.4, -0.2) is 24.8 Å². The molecule has 1 aliphatic carbocycles. The Morgan fingerprint density at radius 1 is 0.846 bits per heavy atom. The Hall–Kier alpha value is -2.30. The summed E-state index contributed by atoms with van der Waals surface area (Å²) < 4.78 is 67.9. The van der Waals surface area contributed by atoms with Crippen molar-refractivity contribution in [2.45, 2.75) is 10.9 Å². The number of pyridine rings is 1. The van der Waals surface area contributed by atoms with Crippen LogP contribution in [-0.2, 0) is 16.5 Å². The van der Waals surface area contributed by atoms with Gasteiger partial charge in [-0.05, 0) is 54.6 Å². The van der Waals surface area contributed by atoms with E-state index in [0.29, 0.717) is 0 Å². The number of nitrogens with one attached hydrogen (secondary N) is 1. The van der Waals surface area contributed by atoms with Gasteiger partial charge in [-0.15, -0.1) is 20.5 Å². The fraction of sp³-hybridized carbons (Fsp3) is 0.130. The molecule has 0 amide bonds. The number of allylic oxidation sites excluding steroid dienone is 1. The molecule has 0 radical (unpaired) electrons. The van der Waals surface area contributed by atoms with Gasteiger partial charge in [0.05, 0.1) is 17.1 Å². The van der Waals surface area contributed by atoms with E-state index in [1.807, 2.05) is 26.4 Å². The van der Waals surface area contributed by atoms with E-state index in [4.69, 9.17) is 47.2 Å². The molecule has 5 rings (SSSR count). The minimum atomic E-state index is -4.94. The van der Waals surface area contributed by atoms with Crippen molar-refractivity contribution in [2.75, 3.05) is 24.3 Å². The molecular weight excluding hydrogens is 622 g/mol. The Morgan fingerprint density at radius 3 is 2.03 bits per heavy atom. The Balaban J connectivity index is 0.000000419. The number of hydrogen-bond acceptors (Lipinski definition) is 13. The SMILES string of the molecule is CN(C)c1ccc(N=C2C=C3Sc4ccccc4NC3c3ncccc32)cc1.[Ni+2].[O-][Cl+3]([O-])([O-])[O-].[O-][Cl+3]([O-])([O-])[O-]. The maximum Gasteiger partial charge on any atom is 2.00 e. The van der Waals surface area contributed by atoms with Crippen LogP contribution in [0.4, 0.5) is 17.1 Å². The van der Waals surface area contributed by atoms with Gasteiger partial charge in [0.1, 0.15) is 6.04 Å². The molecule has 0 bridgehead atoms. The Morgan fingerprint density at radius 2 is 1.44 bits per heavy atom. The van der Waals surface area contributed by atoms with Gasteiger partial charge in [-0.2, -0.15) is 0 Å². The summed E-state index contributed by atoms with van der Waals surface area (Å²) in [6, 6.07) is 20.9. The summed E-state index contributed by atoms with van der Waals surface area (Å²) in [6.07, 6.45) is 4.06. The zero-order valence-corrected chi connectivity index (χ0v) is 23.4. The van der Waals surface area contributed by atoms with E-state index in [9.17, 15) is 0 Å². The van der Waals surface area contributed by atoms with Crippen molar-refractivity contribution < 1.29 is 74.2 Å². The normalized spacial score (nSPS) is 16.3. The van der Waals surface area contributed by atoms with Crippen LogP contribution in [0, 0.1) is 20.5 Å². The van der Waals surface area contributed by atoms with Crippen LogP contribution >= 0.6 is 11.8 Å². The summed E-state index contributed by atoms with van der Waals surface area (Å²) in [7, 11) is -5.81. The second-order valence-electron chi connectivity index (χ2n) is 7.82. The topological polar surface area (TPSA) is 225 Å². The van der Waals surface area contributed by atoms with E-state index >= 15 is 0 Å². The molecule has 2 aliphatic rings. The summed E-state index contributed by atoms with van der Waals surface area (Å²) in [4.78, 5) is 14.2. The minimum Gasteiger partial charge on any atom is -0.378 e. The number of thioether (sulfide) groups is 1. The zero-order chi connectivity index (χ0) is 28.1. The summed E-state index contributed by atoms with van der Waals surface area (Å²) in [5.74, 6) is 0. The number of benzene rings is 2. The standard InChI is InChI=1S/C23H20N4S.2ClHO4.Ni/c1-27(2)16-11-9-15(10-12-16)25-19-14-21-23(22-17(19)6-5-13-24-22)26-18-7-3-4-8-20(18)28-21;2*2-1(3,4)5;/h3-14,23,26H,1-2H3;2*(H,2,3,4,5);/q;;;+2/p-2. The molecule has 1 N–H and O–H groups in total. The molecule has 3 aromatic rings. The van der Waals surface area contributed by atoms with Crippen LogP contribution in [0.1, 0.15) is 17.3 Å².